The van der Waals surface area contributed by atoms with E-state index >= 15 is 0 Å². The summed E-state index contributed by atoms with van der Waals surface area (Å²) in [7, 11) is 0. The highest BCUT2D eigenvalue weighted by atomic mass is 16.2. The second kappa shape index (κ2) is 6.50. The number of nitrogens with one attached hydrogen (secondary N) is 2. The number of carbonyl (C=O) groups is 2. The average molecular weight is 342 g/mol. The minimum Gasteiger partial charge on any atom is -0.344 e. The van der Waals surface area contributed by atoms with Crippen molar-refractivity contribution < 1.29 is 9.59 Å². The van der Waals surface area contributed by atoms with Gasteiger partial charge in [0.25, 0.3) is 0 Å². The molecule has 6 heteroatoms. The van der Waals surface area contributed by atoms with Crippen molar-refractivity contribution >= 4 is 22.8 Å². The summed E-state index contributed by atoms with van der Waals surface area (Å²) in [4.78, 5) is 34.9. The van der Waals surface area contributed by atoms with Crippen LogP contribution in [0.3, 0.4) is 0 Å². The van der Waals surface area contributed by atoms with Gasteiger partial charge in [0, 0.05) is 12.0 Å². The highest BCUT2D eigenvalue weighted by Crippen LogP contribution is 2.32. The van der Waals surface area contributed by atoms with Crippen molar-refractivity contribution in [1.82, 2.24) is 20.2 Å². The maximum Gasteiger partial charge on any atom is 0.245 e. The van der Waals surface area contributed by atoms with Crippen LogP contribution in [-0.2, 0) is 9.59 Å². The number of aromatic nitrogens is 2. The van der Waals surface area contributed by atoms with Gasteiger partial charge in [-0.15, -0.1) is 0 Å². The fraction of sp³-hybridized carbons (Fsp3) is 0.526. The molecule has 2 unspecified atom stereocenters. The van der Waals surface area contributed by atoms with Crippen molar-refractivity contribution in [3.63, 3.8) is 0 Å². The summed E-state index contributed by atoms with van der Waals surface area (Å²) >= 11 is 0. The van der Waals surface area contributed by atoms with Gasteiger partial charge in [0.2, 0.25) is 11.8 Å². The molecule has 25 heavy (non-hydrogen) atoms. The Hall–Kier alpha value is -2.37. The van der Waals surface area contributed by atoms with E-state index in [9.17, 15) is 9.59 Å². The van der Waals surface area contributed by atoms with Crippen LogP contribution in [0.15, 0.2) is 24.3 Å². The zero-order valence-corrected chi connectivity index (χ0v) is 15.3. The van der Waals surface area contributed by atoms with E-state index in [1.807, 2.05) is 49.9 Å². The van der Waals surface area contributed by atoms with Crippen molar-refractivity contribution in [2.75, 3.05) is 6.54 Å². The van der Waals surface area contributed by atoms with Crippen LogP contribution in [0, 0.1) is 5.41 Å². The molecule has 2 atom stereocenters. The predicted molar refractivity (Wildman–Crippen MR) is 96.8 cm³/mol. The lowest BCUT2D eigenvalue weighted by Gasteiger charge is -2.28. The number of nitrogens with zero attached hydrogens (tertiary/aromatic N) is 2. The normalized spacial score (nSPS) is 19.2. The van der Waals surface area contributed by atoms with Crippen molar-refractivity contribution in [1.29, 1.82) is 0 Å². The SMILES string of the molecule is CC(NC(=O)C(C)(C)C)C(=O)N1CCCC1c1nc2ccccc2[nH]1. The first kappa shape index (κ1) is 17.5. The van der Waals surface area contributed by atoms with Crippen LogP contribution in [0.25, 0.3) is 11.0 Å². The van der Waals surface area contributed by atoms with Gasteiger partial charge >= 0.3 is 0 Å². The standard InChI is InChI=1S/C19H26N4O2/c1-12(20-18(25)19(2,3)4)17(24)23-11-7-10-15(23)16-21-13-8-5-6-9-14(13)22-16/h5-6,8-9,12,15H,7,10-11H2,1-4H3,(H,20,25)(H,21,22). The Balaban J connectivity index is 1.76. The van der Waals surface area contributed by atoms with Gasteiger partial charge in [-0.3, -0.25) is 9.59 Å². The van der Waals surface area contributed by atoms with Crippen LogP contribution in [0.4, 0.5) is 0 Å². The van der Waals surface area contributed by atoms with E-state index in [2.05, 4.69) is 15.3 Å². The molecule has 2 aromatic rings. The third kappa shape index (κ3) is 3.52. The summed E-state index contributed by atoms with van der Waals surface area (Å²) in [5.74, 6) is 0.648. The molecule has 0 saturated carbocycles. The summed E-state index contributed by atoms with van der Waals surface area (Å²) in [6.07, 6.45) is 1.82. The lowest BCUT2D eigenvalue weighted by Crippen LogP contribution is -2.49. The fourth-order valence-corrected chi connectivity index (χ4v) is 3.17. The second-order valence-electron chi connectivity index (χ2n) is 7.77. The van der Waals surface area contributed by atoms with Gasteiger partial charge in [-0.2, -0.15) is 0 Å². The number of fused-ring (bicyclic) bond motifs is 1. The third-order valence-corrected chi connectivity index (χ3v) is 4.66. The van der Waals surface area contributed by atoms with Crippen LogP contribution in [-0.4, -0.2) is 39.3 Å². The largest absolute Gasteiger partial charge is 0.344 e. The zero-order valence-electron chi connectivity index (χ0n) is 15.3. The summed E-state index contributed by atoms with van der Waals surface area (Å²) in [5, 5.41) is 2.83. The van der Waals surface area contributed by atoms with Gasteiger partial charge in [0.15, 0.2) is 0 Å². The lowest BCUT2D eigenvalue weighted by molar-refractivity contribution is -0.138. The molecule has 2 amide bonds. The van der Waals surface area contributed by atoms with E-state index in [0.29, 0.717) is 6.54 Å². The summed E-state index contributed by atoms with van der Waals surface area (Å²) in [5.41, 5.74) is 1.37. The minimum atomic E-state index is -0.545. The number of aromatic amines is 1. The van der Waals surface area contributed by atoms with Crippen molar-refractivity contribution in [3.05, 3.63) is 30.1 Å². The number of rotatable bonds is 3. The van der Waals surface area contributed by atoms with Gasteiger partial charge in [-0.05, 0) is 31.9 Å². The first-order chi connectivity index (χ1) is 11.8. The van der Waals surface area contributed by atoms with Gasteiger partial charge in [-0.25, -0.2) is 4.98 Å². The number of imidazole rings is 1. The highest BCUT2D eigenvalue weighted by molar-refractivity contribution is 5.89. The molecule has 6 nitrogen and oxygen atoms in total. The van der Waals surface area contributed by atoms with Crippen LogP contribution in [0.5, 0.6) is 0 Å². The van der Waals surface area contributed by atoms with Crippen molar-refractivity contribution in [3.8, 4) is 0 Å². The van der Waals surface area contributed by atoms with Gasteiger partial charge in [0.1, 0.15) is 11.9 Å². The topological polar surface area (TPSA) is 78.1 Å². The van der Waals surface area contributed by atoms with E-state index in [-0.39, 0.29) is 17.9 Å². The van der Waals surface area contributed by atoms with E-state index in [0.717, 1.165) is 29.7 Å². The Labute approximate surface area is 148 Å². The first-order valence-electron chi connectivity index (χ1n) is 8.83. The predicted octanol–water partition coefficient (Wildman–Crippen LogP) is 2.78. The molecule has 2 N–H and O–H groups in total. The number of likely N-dealkylation sites (tertiary alicyclic amines) is 1. The van der Waals surface area contributed by atoms with Gasteiger partial charge in [0.05, 0.1) is 17.1 Å². The Kier molecular flexibility index (Phi) is 4.54. The van der Waals surface area contributed by atoms with E-state index in [1.54, 1.807) is 6.92 Å². The molecular weight excluding hydrogens is 316 g/mol. The molecule has 1 aliphatic rings. The molecule has 0 bridgehead atoms. The molecule has 1 aromatic heterocycles. The summed E-state index contributed by atoms with van der Waals surface area (Å²) < 4.78 is 0. The maximum absolute atomic E-state index is 12.9. The molecule has 1 aliphatic heterocycles. The average Bonchev–Trinajstić information content (AvgIpc) is 3.19. The Morgan fingerprint density at radius 2 is 2.04 bits per heavy atom. The van der Waals surface area contributed by atoms with Crippen LogP contribution >= 0.6 is 0 Å². The summed E-state index contributed by atoms with van der Waals surface area (Å²) in [6.45, 7) is 7.96. The van der Waals surface area contributed by atoms with Crippen LogP contribution in [0.1, 0.15) is 52.4 Å². The fourth-order valence-electron chi connectivity index (χ4n) is 3.17. The van der Waals surface area contributed by atoms with E-state index < -0.39 is 11.5 Å². The molecule has 1 aromatic carbocycles. The Morgan fingerprint density at radius 1 is 1.32 bits per heavy atom. The molecule has 3 rings (SSSR count). The number of H-pyrrole nitrogens is 1. The molecule has 0 aliphatic carbocycles. The molecule has 0 spiro atoms. The van der Waals surface area contributed by atoms with Crippen LogP contribution in [0.2, 0.25) is 0 Å². The molecule has 2 heterocycles. The number of hydrogen-bond acceptors (Lipinski definition) is 3. The van der Waals surface area contributed by atoms with E-state index in [1.165, 1.54) is 0 Å². The first-order valence-corrected chi connectivity index (χ1v) is 8.83. The third-order valence-electron chi connectivity index (χ3n) is 4.66. The molecule has 134 valence electrons. The number of hydrogen-bond donors (Lipinski definition) is 2. The quantitative estimate of drug-likeness (QED) is 0.900. The van der Waals surface area contributed by atoms with Crippen molar-refractivity contribution in [2.45, 2.75) is 52.6 Å². The molecule has 1 fully saturated rings. The minimum absolute atomic E-state index is 0.0550. The monoisotopic (exact) mass is 342 g/mol. The Bertz CT molecular complexity index is 757. The number of carbonyl (C=O) groups excluding carboxylic acids is 2. The molecular formula is C19H26N4O2. The number of benzene rings is 1. The zero-order chi connectivity index (χ0) is 18.2. The maximum atomic E-state index is 12.9. The smallest absolute Gasteiger partial charge is 0.245 e. The Morgan fingerprint density at radius 3 is 2.72 bits per heavy atom. The number of amides is 2. The summed E-state index contributed by atoms with van der Waals surface area (Å²) in [6, 6.07) is 7.26. The highest BCUT2D eigenvalue weighted by Gasteiger charge is 2.35. The second-order valence-corrected chi connectivity index (χ2v) is 7.77. The van der Waals surface area contributed by atoms with Crippen molar-refractivity contribution in [2.24, 2.45) is 5.41 Å². The van der Waals surface area contributed by atoms with Gasteiger partial charge in [-0.1, -0.05) is 32.9 Å². The molecule has 1 saturated heterocycles. The van der Waals surface area contributed by atoms with Crippen LogP contribution < -0.4 is 5.32 Å². The number of para-hydroxylation sites is 2. The van der Waals surface area contributed by atoms with E-state index in [4.69, 9.17) is 0 Å². The molecule has 0 radical (unpaired) electrons. The van der Waals surface area contributed by atoms with Gasteiger partial charge < -0.3 is 15.2 Å². The lowest BCUT2D eigenvalue weighted by atomic mass is 9.95.